The molecule has 0 heterocycles. The summed E-state index contributed by atoms with van der Waals surface area (Å²) in [5.74, 6) is 0.541. The molecule has 0 spiro atoms. The molecule has 0 amide bonds. The Kier molecular flexibility index (Phi) is 6.96. The minimum Gasteiger partial charge on any atom is -0.0804 e. The summed E-state index contributed by atoms with van der Waals surface area (Å²) < 4.78 is 0. The summed E-state index contributed by atoms with van der Waals surface area (Å²) in [4.78, 5) is 0. The standard InChI is InChI=1S/C37H28.Zr/c1-4-12-26(13-5-1)30-20-22-32-33-23-21-31(27-14-6-2-7-15-27)25-35(33)37(34(32)24-30)36(29-18-10-11-19-29)28-16-8-3-9-17-28;/h1-18,20-25,36-37H,19H2;. The Morgan fingerprint density at radius 3 is 1.50 bits per heavy atom. The van der Waals surface area contributed by atoms with Crippen molar-refractivity contribution in [2.24, 2.45) is 0 Å². The molecule has 1 heteroatoms. The van der Waals surface area contributed by atoms with Crippen LogP contribution in [0.15, 0.2) is 151 Å². The Morgan fingerprint density at radius 1 is 0.526 bits per heavy atom. The van der Waals surface area contributed by atoms with Crippen LogP contribution in [0, 0.1) is 0 Å². The van der Waals surface area contributed by atoms with Crippen molar-refractivity contribution in [2.45, 2.75) is 18.3 Å². The van der Waals surface area contributed by atoms with Crippen LogP contribution >= 0.6 is 0 Å². The molecular weight excluding hydrogens is 536 g/mol. The monoisotopic (exact) mass is 562 g/mol. The number of benzene rings is 5. The van der Waals surface area contributed by atoms with E-state index in [0.717, 1.165) is 6.42 Å². The third kappa shape index (κ3) is 4.40. The molecule has 5 aromatic rings. The Labute approximate surface area is 244 Å². The molecule has 38 heavy (non-hydrogen) atoms. The molecule has 0 aromatic heterocycles. The first kappa shape index (κ1) is 24.8. The van der Waals surface area contributed by atoms with E-state index in [4.69, 9.17) is 0 Å². The van der Waals surface area contributed by atoms with Crippen molar-refractivity contribution in [3.63, 3.8) is 0 Å². The van der Waals surface area contributed by atoms with Gasteiger partial charge in [0.05, 0.1) is 0 Å². The minimum absolute atomic E-state index is 0. The normalized spacial score (nSPS) is 14.4. The van der Waals surface area contributed by atoms with E-state index < -0.39 is 0 Å². The van der Waals surface area contributed by atoms with Crippen molar-refractivity contribution in [3.05, 3.63) is 168 Å². The molecule has 0 saturated carbocycles. The fraction of sp³-hybridized carbons (Fsp3) is 0.0811. The van der Waals surface area contributed by atoms with Gasteiger partial charge in [0, 0.05) is 38.0 Å². The Balaban J connectivity index is 0.00000264. The summed E-state index contributed by atoms with van der Waals surface area (Å²) in [5.41, 5.74) is 13.6. The maximum Gasteiger partial charge on any atom is 0.0208 e. The largest absolute Gasteiger partial charge is 0.0804 e. The Bertz CT molecular complexity index is 1540. The molecule has 1 atom stereocenters. The second-order valence-corrected chi connectivity index (χ2v) is 10.1. The molecule has 0 bridgehead atoms. The molecule has 1 unspecified atom stereocenters. The molecular formula is C37H28Zr. The molecule has 5 aromatic carbocycles. The fourth-order valence-electron chi connectivity index (χ4n) is 6.25. The topological polar surface area (TPSA) is 0 Å². The second kappa shape index (κ2) is 10.7. The Hall–Kier alpha value is -3.54. The summed E-state index contributed by atoms with van der Waals surface area (Å²) in [6.45, 7) is 0. The van der Waals surface area contributed by atoms with Crippen LogP contribution in [0.4, 0.5) is 0 Å². The van der Waals surface area contributed by atoms with Crippen molar-refractivity contribution in [3.8, 4) is 33.4 Å². The van der Waals surface area contributed by atoms with Crippen LogP contribution < -0.4 is 0 Å². The number of hydrogen-bond donors (Lipinski definition) is 0. The minimum atomic E-state index is 0. The van der Waals surface area contributed by atoms with Gasteiger partial charge < -0.3 is 0 Å². The quantitative estimate of drug-likeness (QED) is 0.200. The molecule has 0 radical (unpaired) electrons. The van der Waals surface area contributed by atoms with E-state index >= 15 is 0 Å². The van der Waals surface area contributed by atoms with E-state index in [-0.39, 0.29) is 38.0 Å². The number of fused-ring (bicyclic) bond motifs is 3. The Morgan fingerprint density at radius 2 is 1.03 bits per heavy atom. The SMILES string of the molecule is C1=CCC(C(c2ccccc2)C2c3cc(-c4ccccc4)ccc3-c3ccc(-c4ccccc4)cc32)=C1.[Zr]. The van der Waals surface area contributed by atoms with Crippen LogP contribution in [-0.4, -0.2) is 0 Å². The molecule has 7 rings (SSSR count). The molecule has 0 nitrogen and oxygen atoms in total. The van der Waals surface area contributed by atoms with Crippen molar-refractivity contribution >= 4 is 0 Å². The first-order valence-corrected chi connectivity index (χ1v) is 13.2. The molecule has 0 fully saturated rings. The van der Waals surface area contributed by atoms with Crippen molar-refractivity contribution in [1.82, 2.24) is 0 Å². The van der Waals surface area contributed by atoms with Crippen molar-refractivity contribution < 1.29 is 26.2 Å². The van der Waals surface area contributed by atoms with Gasteiger partial charge in [-0.05, 0) is 68.6 Å². The van der Waals surface area contributed by atoms with Gasteiger partial charge in [-0.15, -0.1) is 0 Å². The van der Waals surface area contributed by atoms with E-state index in [1.165, 1.54) is 55.6 Å². The van der Waals surface area contributed by atoms with Gasteiger partial charge in [-0.1, -0.05) is 139 Å². The smallest absolute Gasteiger partial charge is 0.0208 e. The fourth-order valence-corrected chi connectivity index (χ4v) is 6.25. The van der Waals surface area contributed by atoms with E-state index in [9.17, 15) is 0 Å². The second-order valence-electron chi connectivity index (χ2n) is 10.1. The van der Waals surface area contributed by atoms with Gasteiger partial charge in [0.2, 0.25) is 0 Å². The summed E-state index contributed by atoms with van der Waals surface area (Å²) in [6.07, 6.45) is 7.88. The average molecular weight is 564 g/mol. The predicted octanol–water partition coefficient (Wildman–Crippen LogP) is 9.80. The van der Waals surface area contributed by atoms with Crippen LogP contribution in [0.1, 0.15) is 34.9 Å². The van der Waals surface area contributed by atoms with Gasteiger partial charge >= 0.3 is 0 Å². The number of rotatable bonds is 5. The predicted molar refractivity (Wildman–Crippen MR) is 156 cm³/mol. The van der Waals surface area contributed by atoms with E-state index in [1.54, 1.807) is 0 Å². The summed E-state index contributed by atoms with van der Waals surface area (Å²) in [6, 6.07) is 46.8. The van der Waals surface area contributed by atoms with Gasteiger partial charge in [-0.3, -0.25) is 0 Å². The van der Waals surface area contributed by atoms with Gasteiger partial charge in [0.25, 0.3) is 0 Å². The molecule has 2 aliphatic rings. The third-order valence-electron chi connectivity index (χ3n) is 7.97. The molecule has 180 valence electrons. The number of allylic oxidation sites excluding steroid dienone is 4. The molecule has 0 aliphatic heterocycles. The van der Waals surface area contributed by atoms with Gasteiger partial charge in [-0.2, -0.15) is 0 Å². The van der Waals surface area contributed by atoms with Gasteiger partial charge in [0.1, 0.15) is 0 Å². The van der Waals surface area contributed by atoms with E-state index in [2.05, 4.69) is 146 Å². The van der Waals surface area contributed by atoms with Crippen LogP contribution in [0.2, 0.25) is 0 Å². The summed E-state index contributed by atoms with van der Waals surface area (Å²) in [5, 5.41) is 0. The average Bonchev–Trinajstić information content (AvgIpc) is 3.62. The van der Waals surface area contributed by atoms with E-state index in [1.807, 2.05) is 0 Å². The van der Waals surface area contributed by atoms with Gasteiger partial charge in [0.15, 0.2) is 0 Å². The summed E-state index contributed by atoms with van der Waals surface area (Å²) >= 11 is 0. The summed E-state index contributed by atoms with van der Waals surface area (Å²) in [7, 11) is 0. The molecule has 2 aliphatic carbocycles. The molecule has 0 N–H and O–H groups in total. The zero-order chi connectivity index (χ0) is 24.6. The van der Waals surface area contributed by atoms with Crippen LogP contribution in [0.25, 0.3) is 33.4 Å². The number of hydrogen-bond acceptors (Lipinski definition) is 0. The first-order chi connectivity index (χ1) is 18.4. The van der Waals surface area contributed by atoms with Gasteiger partial charge in [-0.25, -0.2) is 0 Å². The maximum absolute atomic E-state index is 2.45. The van der Waals surface area contributed by atoms with Crippen molar-refractivity contribution in [2.75, 3.05) is 0 Å². The first-order valence-electron chi connectivity index (χ1n) is 13.2. The van der Waals surface area contributed by atoms with Crippen LogP contribution in [-0.2, 0) is 26.2 Å². The maximum atomic E-state index is 2.45. The van der Waals surface area contributed by atoms with E-state index in [0.29, 0.717) is 0 Å². The molecule has 0 saturated heterocycles. The zero-order valence-corrected chi connectivity index (χ0v) is 23.7. The zero-order valence-electron chi connectivity index (χ0n) is 21.2. The van der Waals surface area contributed by atoms with Crippen LogP contribution in [0.5, 0.6) is 0 Å². The van der Waals surface area contributed by atoms with Crippen molar-refractivity contribution in [1.29, 1.82) is 0 Å². The third-order valence-corrected chi connectivity index (χ3v) is 7.97. The van der Waals surface area contributed by atoms with Crippen LogP contribution in [0.3, 0.4) is 0 Å².